The third kappa shape index (κ3) is 4.77. The summed E-state index contributed by atoms with van der Waals surface area (Å²) in [6, 6.07) is 8.51. The minimum Gasteiger partial charge on any atom is -0.496 e. The fourth-order valence-electron chi connectivity index (χ4n) is 2.87. The Morgan fingerprint density at radius 2 is 1.90 bits per heavy atom. The van der Waals surface area contributed by atoms with Crippen LogP contribution in [0.4, 0.5) is 5.69 Å². The van der Waals surface area contributed by atoms with Crippen molar-refractivity contribution in [2.24, 2.45) is 0 Å². The van der Waals surface area contributed by atoms with Crippen LogP contribution in [0.5, 0.6) is 17.2 Å². The number of hydrogen-bond donors (Lipinski definition) is 1. The molecule has 1 aliphatic heterocycles. The molecule has 30 heavy (non-hydrogen) atoms. The number of amides is 1. The van der Waals surface area contributed by atoms with Crippen LogP contribution >= 0.6 is 0 Å². The van der Waals surface area contributed by atoms with Crippen molar-refractivity contribution in [1.29, 1.82) is 0 Å². The normalized spacial score (nSPS) is 13.1. The van der Waals surface area contributed by atoms with Crippen LogP contribution in [0.3, 0.4) is 0 Å². The molecule has 158 valence electrons. The van der Waals surface area contributed by atoms with Gasteiger partial charge in [-0.2, -0.15) is 0 Å². The number of rotatable bonds is 7. The fourth-order valence-corrected chi connectivity index (χ4v) is 2.87. The number of nitrogens with zero attached hydrogens (tertiary/aromatic N) is 1. The van der Waals surface area contributed by atoms with Gasteiger partial charge >= 0.3 is 5.97 Å². The fraction of sp³-hybridized carbons (Fsp3) is 0.300. The van der Waals surface area contributed by atoms with Gasteiger partial charge in [-0.05, 0) is 30.7 Å². The first-order valence-corrected chi connectivity index (χ1v) is 9.07. The molecule has 0 saturated heterocycles. The summed E-state index contributed by atoms with van der Waals surface area (Å²) in [5, 5.41) is 13.6. The van der Waals surface area contributed by atoms with E-state index in [1.807, 2.05) is 0 Å². The molecule has 1 atom stereocenters. The Hall–Kier alpha value is -3.82. The Morgan fingerprint density at radius 3 is 2.60 bits per heavy atom. The predicted molar refractivity (Wildman–Crippen MR) is 104 cm³/mol. The number of non-ortho nitro benzene ring substituents is 1. The van der Waals surface area contributed by atoms with Crippen molar-refractivity contribution < 1.29 is 33.5 Å². The molecule has 0 aliphatic carbocycles. The topological polar surface area (TPSA) is 126 Å². The van der Waals surface area contributed by atoms with Crippen molar-refractivity contribution in [3.63, 3.8) is 0 Å². The molecule has 0 spiro atoms. The van der Waals surface area contributed by atoms with Gasteiger partial charge in [0.05, 0.1) is 18.1 Å². The number of carbonyl (C=O) groups is 2. The highest BCUT2D eigenvalue weighted by atomic mass is 16.6. The number of nitro benzene ring substituents is 1. The quantitative estimate of drug-likeness (QED) is 0.414. The van der Waals surface area contributed by atoms with Gasteiger partial charge in [0, 0.05) is 12.1 Å². The number of esters is 1. The highest BCUT2D eigenvalue weighted by molar-refractivity contribution is 5.94. The number of methoxy groups -OCH3 is 1. The number of benzene rings is 2. The van der Waals surface area contributed by atoms with Crippen molar-refractivity contribution in [3.05, 3.63) is 57.6 Å². The highest BCUT2D eigenvalue weighted by Crippen LogP contribution is 2.32. The largest absolute Gasteiger partial charge is 0.496 e. The number of nitro groups is 1. The van der Waals surface area contributed by atoms with E-state index in [0.717, 1.165) is 11.6 Å². The highest BCUT2D eigenvalue weighted by Gasteiger charge is 2.21. The maximum absolute atomic E-state index is 12.3. The smallest absolute Gasteiger partial charge is 0.342 e. The molecule has 0 aromatic heterocycles. The van der Waals surface area contributed by atoms with Gasteiger partial charge in [0.15, 0.2) is 18.1 Å². The molecule has 1 aliphatic rings. The Kier molecular flexibility index (Phi) is 6.35. The zero-order valence-corrected chi connectivity index (χ0v) is 16.4. The van der Waals surface area contributed by atoms with E-state index in [1.165, 1.54) is 19.2 Å². The maximum Gasteiger partial charge on any atom is 0.342 e. The molecular formula is C20H20N2O8. The summed E-state index contributed by atoms with van der Waals surface area (Å²) < 4.78 is 21.0. The molecule has 1 amide bonds. The molecule has 0 fully saturated rings. The van der Waals surface area contributed by atoms with Gasteiger partial charge in [-0.1, -0.05) is 6.07 Å². The van der Waals surface area contributed by atoms with Crippen LogP contribution in [0.25, 0.3) is 0 Å². The molecule has 0 bridgehead atoms. The predicted octanol–water partition coefficient (Wildman–Crippen LogP) is 2.41. The van der Waals surface area contributed by atoms with Crippen LogP contribution in [0.15, 0.2) is 36.4 Å². The summed E-state index contributed by atoms with van der Waals surface area (Å²) in [4.78, 5) is 34.8. The van der Waals surface area contributed by atoms with Gasteiger partial charge in [-0.25, -0.2) is 4.79 Å². The molecule has 10 nitrogen and oxygen atoms in total. The maximum atomic E-state index is 12.3. The lowest BCUT2D eigenvalue weighted by Crippen LogP contribution is -2.31. The Morgan fingerprint density at radius 1 is 1.17 bits per heavy atom. The standard InChI is InChI=1S/C20H20N2O8/c1-12(13-3-5-17-18(9-13)29-8-7-28-17)21-19(23)11-30-20(24)15-10-14(22(25)26)4-6-16(15)27-2/h3-6,9-10,12H,7-8,11H2,1-2H3,(H,21,23)/t12-/m1/s1. The number of ether oxygens (including phenoxy) is 4. The van der Waals surface area contributed by atoms with Crippen molar-refractivity contribution >= 4 is 17.6 Å². The van der Waals surface area contributed by atoms with E-state index in [4.69, 9.17) is 18.9 Å². The molecule has 3 rings (SSSR count). The summed E-state index contributed by atoms with van der Waals surface area (Å²) in [5.41, 5.74) is 0.359. The second kappa shape index (κ2) is 9.12. The molecule has 0 unspecified atom stereocenters. The first kappa shape index (κ1) is 20.9. The summed E-state index contributed by atoms with van der Waals surface area (Å²) >= 11 is 0. The molecule has 2 aromatic carbocycles. The average molecular weight is 416 g/mol. The SMILES string of the molecule is COc1ccc([N+](=O)[O-])cc1C(=O)OCC(=O)N[C@H](C)c1ccc2c(c1)OCCO2. The number of carbonyl (C=O) groups excluding carboxylic acids is 2. The molecule has 10 heteroatoms. The second-order valence-electron chi connectivity index (χ2n) is 6.41. The molecule has 2 aromatic rings. The third-order valence-electron chi connectivity index (χ3n) is 4.39. The van der Waals surface area contributed by atoms with Gasteiger partial charge in [-0.15, -0.1) is 0 Å². The summed E-state index contributed by atoms with van der Waals surface area (Å²) in [6.45, 7) is 2.15. The van der Waals surface area contributed by atoms with Gasteiger partial charge in [0.2, 0.25) is 0 Å². The van der Waals surface area contributed by atoms with Crippen molar-refractivity contribution in [2.45, 2.75) is 13.0 Å². The van der Waals surface area contributed by atoms with E-state index < -0.39 is 23.4 Å². The van der Waals surface area contributed by atoms with Crippen LogP contribution in [-0.2, 0) is 9.53 Å². The summed E-state index contributed by atoms with van der Waals surface area (Å²) in [6.07, 6.45) is 0. The van der Waals surface area contributed by atoms with Crippen molar-refractivity contribution in [1.82, 2.24) is 5.32 Å². The van der Waals surface area contributed by atoms with Crippen LogP contribution in [0, 0.1) is 10.1 Å². The number of fused-ring (bicyclic) bond motifs is 1. The first-order chi connectivity index (χ1) is 14.4. The minimum absolute atomic E-state index is 0.107. The second-order valence-corrected chi connectivity index (χ2v) is 6.41. The van der Waals surface area contributed by atoms with E-state index in [-0.39, 0.29) is 23.0 Å². The van der Waals surface area contributed by atoms with Gasteiger partial charge < -0.3 is 24.3 Å². The Balaban J connectivity index is 1.60. The number of hydrogen-bond acceptors (Lipinski definition) is 8. The molecule has 1 heterocycles. The van der Waals surface area contributed by atoms with E-state index >= 15 is 0 Å². The lowest BCUT2D eigenvalue weighted by atomic mass is 10.1. The van der Waals surface area contributed by atoms with Crippen molar-refractivity contribution in [3.8, 4) is 17.2 Å². The van der Waals surface area contributed by atoms with Crippen LogP contribution in [0.2, 0.25) is 0 Å². The zero-order chi connectivity index (χ0) is 21.7. The van der Waals surface area contributed by atoms with Crippen LogP contribution in [0.1, 0.15) is 28.9 Å². The lowest BCUT2D eigenvalue weighted by molar-refractivity contribution is -0.384. The van der Waals surface area contributed by atoms with Gasteiger partial charge in [-0.3, -0.25) is 14.9 Å². The summed E-state index contributed by atoms with van der Waals surface area (Å²) in [7, 11) is 1.32. The van der Waals surface area contributed by atoms with Gasteiger partial charge in [0.25, 0.3) is 11.6 Å². The number of nitrogens with one attached hydrogen (secondary N) is 1. The van der Waals surface area contributed by atoms with E-state index in [9.17, 15) is 19.7 Å². The average Bonchev–Trinajstić information content (AvgIpc) is 2.76. The lowest BCUT2D eigenvalue weighted by Gasteiger charge is -2.21. The van der Waals surface area contributed by atoms with Crippen molar-refractivity contribution in [2.75, 3.05) is 26.9 Å². The molecular weight excluding hydrogens is 396 g/mol. The molecule has 0 saturated carbocycles. The van der Waals surface area contributed by atoms with E-state index in [2.05, 4.69) is 5.32 Å². The van der Waals surface area contributed by atoms with E-state index in [1.54, 1.807) is 25.1 Å². The zero-order valence-electron chi connectivity index (χ0n) is 16.4. The minimum atomic E-state index is -0.905. The van der Waals surface area contributed by atoms with Gasteiger partial charge in [0.1, 0.15) is 24.5 Å². The van der Waals surface area contributed by atoms with E-state index in [0.29, 0.717) is 24.7 Å². The first-order valence-electron chi connectivity index (χ1n) is 9.07. The summed E-state index contributed by atoms with van der Waals surface area (Å²) in [5.74, 6) is -0.0872. The third-order valence-corrected chi connectivity index (χ3v) is 4.39. The van der Waals surface area contributed by atoms with Crippen LogP contribution < -0.4 is 19.5 Å². The Bertz CT molecular complexity index is 975. The molecule has 1 N–H and O–H groups in total. The monoisotopic (exact) mass is 416 g/mol. The molecule has 0 radical (unpaired) electrons. The Labute approximate surface area is 171 Å². The van der Waals surface area contributed by atoms with Crippen LogP contribution in [-0.4, -0.2) is 43.7 Å².